The second-order valence-corrected chi connectivity index (χ2v) is 5.83. The van der Waals surface area contributed by atoms with E-state index in [0.29, 0.717) is 11.8 Å². The highest BCUT2D eigenvalue weighted by Crippen LogP contribution is 2.38. The molecule has 2 atom stereocenters. The maximum Gasteiger partial charge on any atom is 0.119 e. The highest BCUT2D eigenvalue weighted by molar-refractivity contribution is 5.42. The molecule has 0 unspecified atom stereocenters. The van der Waals surface area contributed by atoms with Crippen LogP contribution in [0.1, 0.15) is 37.3 Å². The van der Waals surface area contributed by atoms with Gasteiger partial charge in [-0.3, -0.25) is 4.90 Å². The van der Waals surface area contributed by atoms with Gasteiger partial charge in [-0.15, -0.1) is 0 Å². The second-order valence-electron chi connectivity index (χ2n) is 5.83. The number of fused-ring (bicyclic) bond motifs is 2. The van der Waals surface area contributed by atoms with E-state index < -0.39 is 0 Å². The van der Waals surface area contributed by atoms with Gasteiger partial charge in [-0.1, -0.05) is 19.1 Å². The Bertz CT molecular complexity index is 427. The van der Waals surface area contributed by atoms with E-state index in [9.17, 15) is 5.11 Å². The summed E-state index contributed by atoms with van der Waals surface area (Å²) in [4.78, 5) is 2.68. The number of nitrogens with zero attached hydrogens (tertiary/aromatic N) is 1. The Morgan fingerprint density at radius 3 is 3.06 bits per heavy atom. The fourth-order valence-corrected chi connectivity index (χ4v) is 3.85. The van der Waals surface area contributed by atoms with Crippen LogP contribution in [0.2, 0.25) is 0 Å². The first-order chi connectivity index (χ1) is 8.79. The molecule has 1 aliphatic heterocycles. The van der Waals surface area contributed by atoms with Gasteiger partial charge >= 0.3 is 0 Å². The van der Waals surface area contributed by atoms with Gasteiger partial charge in [-0.25, -0.2) is 0 Å². The molecule has 2 heteroatoms. The van der Waals surface area contributed by atoms with Crippen molar-refractivity contribution in [3.05, 3.63) is 29.3 Å². The number of phenols is 1. The third-order valence-electron chi connectivity index (χ3n) is 4.69. The predicted octanol–water partition coefficient (Wildman–Crippen LogP) is 2.98. The number of phenolic OH excluding ortho intramolecular Hbond substituents is 1. The maximum atomic E-state index is 10.0. The number of likely N-dealkylation sites (tertiary alicyclic amines) is 1. The number of hydrogen-bond donors (Lipinski definition) is 1. The number of rotatable bonds is 2. The topological polar surface area (TPSA) is 23.5 Å². The van der Waals surface area contributed by atoms with E-state index in [1.807, 2.05) is 12.1 Å². The van der Waals surface area contributed by atoms with Crippen LogP contribution in [0.25, 0.3) is 0 Å². The molecule has 1 fully saturated rings. The Kier molecular flexibility index (Phi) is 3.29. The Hall–Kier alpha value is -1.02. The molecular weight excluding hydrogens is 222 g/mol. The summed E-state index contributed by atoms with van der Waals surface area (Å²) in [5.41, 5.74) is 2.59. The first kappa shape index (κ1) is 12.0. The van der Waals surface area contributed by atoms with Crippen molar-refractivity contribution >= 4 is 0 Å². The van der Waals surface area contributed by atoms with Crippen LogP contribution in [0.3, 0.4) is 0 Å². The van der Waals surface area contributed by atoms with Crippen molar-refractivity contribution in [2.24, 2.45) is 5.92 Å². The molecule has 18 heavy (non-hydrogen) atoms. The van der Waals surface area contributed by atoms with E-state index in [2.05, 4.69) is 17.9 Å². The molecular formula is C16H23NO. The van der Waals surface area contributed by atoms with E-state index in [0.717, 1.165) is 18.8 Å². The number of aromatic hydroxyl groups is 1. The summed E-state index contributed by atoms with van der Waals surface area (Å²) in [6, 6.07) is 6.74. The first-order valence-electron chi connectivity index (χ1n) is 7.33. The molecule has 1 aromatic carbocycles. The molecule has 3 rings (SSSR count). The Labute approximate surface area is 110 Å². The molecule has 1 aliphatic carbocycles. The average Bonchev–Trinajstić information content (AvgIpc) is 2.38. The molecule has 0 aromatic heterocycles. The molecule has 0 saturated carbocycles. The number of hydrogen-bond acceptors (Lipinski definition) is 2. The van der Waals surface area contributed by atoms with Crippen molar-refractivity contribution in [2.45, 2.75) is 45.1 Å². The Morgan fingerprint density at radius 2 is 2.22 bits per heavy atom. The molecule has 2 nitrogen and oxygen atoms in total. The summed E-state index contributed by atoms with van der Waals surface area (Å²) >= 11 is 0. The van der Waals surface area contributed by atoms with Gasteiger partial charge in [0.15, 0.2) is 0 Å². The normalized spacial score (nSPS) is 27.6. The lowest BCUT2D eigenvalue weighted by molar-refractivity contribution is 0.0849. The third-order valence-corrected chi connectivity index (χ3v) is 4.69. The van der Waals surface area contributed by atoms with Crippen LogP contribution in [0, 0.1) is 5.92 Å². The molecule has 98 valence electrons. The van der Waals surface area contributed by atoms with Crippen LogP contribution >= 0.6 is 0 Å². The summed E-state index contributed by atoms with van der Waals surface area (Å²) < 4.78 is 0. The molecule has 2 aliphatic rings. The van der Waals surface area contributed by atoms with Crippen LogP contribution in [0.5, 0.6) is 5.75 Å². The minimum Gasteiger partial charge on any atom is -0.508 e. The van der Waals surface area contributed by atoms with Gasteiger partial charge < -0.3 is 5.11 Å². The predicted molar refractivity (Wildman–Crippen MR) is 73.9 cm³/mol. The summed E-state index contributed by atoms with van der Waals surface area (Å²) in [7, 11) is 0. The lowest BCUT2D eigenvalue weighted by Crippen LogP contribution is -2.49. The van der Waals surface area contributed by atoms with Crippen LogP contribution < -0.4 is 0 Å². The molecule has 1 heterocycles. The van der Waals surface area contributed by atoms with Crippen LogP contribution in [0.4, 0.5) is 0 Å². The molecule has 1 N–H and O–H groups in total. The Morgan fingerprint density at radius 1 is 1.33 bits per heavy atom. The fraction of sp³-hybridized carbons (Fsp3) is 0.625. The lowest BCUT2D eigenvalue weighted by Gasteiger charge is -2.44. The molecule has 1 aromatic rings. The summed E-state index contributed by atoms with van der Waals surface area (Å²) in [5, 5.41) is 10.0. The highest BCUT2D eigenvalue weighted by atomic mass is 16.3. The van der Waals surface area contributed by atoms with Gasteiger partial charge in [0, 0.05) is 6.04 Å². The first-order valence-corrected chi connectivity index (χ1v) is 7.33. The van der Waals surface area contributed by atoms with E-state index in [4.69, 9.17) is 0 Å². The van der Waals surface area contributed by atoms with E-state index >= 15 is 0 Å². The maximum absolute atomic E-state index is 10.0. The third kappa shape index (κ3) is 2.03. The Balaban J connectivity index is 1.88. The number of benzene rings is 1. The van der Waals surface area contributed by atoms with Gasteiger partial charge in [0.25, 0.3) is 0 Å². The van der Waals surface area contributed by atoms with Crippen molar-refractivity contribution in [1.29, 1.82) is 0 Å². The van der Waals surface area contributed by atoms with Gasteiger partial charge in [0.05, 0.1) is 0 Å². The van der Waals surface area contributed by atoms with Gasteiger partial charge in [0.2, 0.25) is 0 Å². The standard InChI is InChI=1S/C16H23NO/c1-2-8-17-9-4-6-13-10-14-12(11-15(13)17)5-3-7-16(14)18/h3,5,7,13,15,18H,2,4,6,8-11H2,1H3/t13-,15-/m0/s1. The van der Waals surface area contributed by atoms with Crippen LogP contribution in [0.15, 0.2) is 18.2 Å². The molecule has 0 amide bonds. The largest absolute Gasteiger partial charge is 0.508 e. The highest BCUT2D eigenvalue weighted by Gasteiger charge is 2.35. The van der Waals surface area contributed by atoms with E-state index in [1.165, 1.54) is 43.5 Å². The van der Waals surface area contributed by atoms with Crippen molar-refractivity contribution in [3.8, 4) is 5.75 Å². The average molecular weight is 245 g/mol. The zero-order valence-electron chi connectivity index (χ0n) is 11.2. The van der Waals surface area contributed by atoms with Crippen LogP contribution in [-0.4, -0.2) is 29.1 Å². The van der Waals surface area contributed by atoms with E-state index in [-0.39, 0.29) is 0 Å². The van der Waals surface area contributed by atoms with Crippen molar-refractivity contribution in [3.63, 3.8) is 0 Å². The monoisotopic (exact) mass is 245 g/mol. The van der Waals surface area contributed by atoms with E-state index in [1.54, 1.807) is 0 Å². The minimum absolute atomic E-state index is 0.513. The number of piperidine rings is 1. The van der Waals surface area contributed by atoms with Crippen molar-refractivity contribution in [2.75, 3.05) is 13.1 Å². The summed E-state index contributed by atoms with van der Waals surface area (Å²) in [6.07, 6.45) is 6.11. The zero-order valence-corrected chi connectivity index (χ0v) is 11.2. The molecule has 1 saturated heterocycles. The SMILES string of the molecule is CCCN1CCC[C@H]2Cc3c(O)cccc3C[C@@H]21. The van der Waals surface area contributed by atoms with Gasteiger partial charge in [-0.2, -0.15) is 0 Å². The zero-order chi connectivity index (χ0) is 12.5. The van der Waals surface area contributed by atoms with Crippen molar-refractivity contribution in [1.82, 2.24) is 4.90 Å². The van der Waals surface area contributed by atoms with Gasteiger partial charge in [-0.05, 0) is 68.3 Å². The molecule has 0 spiro atoms. The molecule has 0 bridgehead atoms. The second kappa shape index (κ2) is 4.93. The molecule has 0 radical (unpaired) electrons. The summed E-state index contributed by atoms with van der Waals surface area (Å²) in [5.74, 6) is 1.27. The van der Waals surface area contributed by atoms with Crippen LogP contribution in [-0.2, 0) is 12.8 Å². The quantitative estimate of drug-likeness (QED) is 0.866. The van der Waals surface area contributed by atoms with Crippen molar-refractivity contribution < 1.29 is 5.11 Å². The fourth-order valence-electron chi connectivity index (χ4n) is 3.85. The van der Waals surface area contributed by atoms with Gasteiger partial charge in [0.1, 0.15) is 5.75 Å². The minimum atomic E-state index is 0.513. The summed E-state index contributed by atoms with van der Waals surface area (Å²) in [6.45, 7) is 4.77. The smallest absolute Gasteiger partial charge is 0.119 e. The lowest BCUT2D eigenvalue weighted by atomic mass is 9.75.